The molecule has 0 aromatic carbocycles. The number of ether oxygens (including phenoxy) is 1. The van der Waals surface area contributed by atoms with Gasteiger partial charge in [-0.3, -0.25) is 4.79 Å². The lowest BCUT2D eigenvalue weighted by Gasteiger charge is -2.14. The van der Waals surface area contributed by atoms with Crippen LogP contribution in [0.3, 0.4) is 0 Å². The van der Waals surface area contributed by atoms with Gasteiger partial charge in [0.25, 0.3) is 0 Å². The van der Waals surface area contributed by atoms with E-state index in [1.54, 1.807) is 6.92 Å². The molecular formula is C23H38N2O5S. The summed E-state index contributed by atoms with van der Waals surface area (Å²) in [7, 11) is 0. The van der Waals surface area contributed by atoms with Crippen LogP contribution in [0.5, 0.6) is 0 Å². The highest BCUT2D eigenvalue weighted by molar-refractivity contribution is 7.99. The number of carbonyl (C=O) groups is 3. The first-order valence-electron chi connectivity index (χ1n) is 10.6. The van der Waals surface area contributed by atoms with Crippen LogP contribution in [0.1, 0.15) is 60.3 Å². The Labute approximate surface area is 190 Å². The second-order valence-electron chi connectivity index (χ2n) is 7.52. The third-order valence-electron chi connectivity index (χ3n) is 4.26. The lowest BCUT2D eigenvalue weighted by atomic mass is 10.1. The minimum atomic E-state index is -1.12. The Bertz CT molecular complexity index is 667. The molecule has 0 aromatic rings. The molecule has 1 atom stereocenters. The minimum absolute atomic E-state index is 0.218. The zero-order valence-electron chi connectivity index (χ0n) is 19.5. The van der Waals surface area contributed by atoms with Crippen LogP contribution in [0.15, 0.2) is 34.9 Å². The van der Waals surface area contributed by atoms with Crippen LogP contribution >= 0.6 is 11.8 Å². The van der Waals surface area contributed by atoms with E-state index >= 15 is 0 Å². The predicted molar refractivity (Wildman–Crippen MR) is 127 cm³/mol. The maximum Gasteiger partial charge on any atom is 0.327 e. The standard InChI is InChI=1S/C23H38N2O5S/c1-6-30-21(26)15-24-23(29)25-20(22(27)28)16-31-14-13-19(5)12-8-11-18(4)10-7-9-17(2)3/h9,11,13,20H,6-8,10,12,14-16H2,1-5H3,(H,27,28)(H2,24,25,29)/b18-11+,19-13+/t20-/m0/s1. The average Bonchev–Trinajstić information content (AvgIpc) is 2.68. The lowest BCUT2D eigenvalue weighted by molar-refractivity contribution is -0.141. The van der Waals surface area contributed by atoms with Crippen molar-refractivity contribution in [3.8, 4) is 0 Å². The second kappa shape index (κ2) is 17.5. The average molecular weight is 455 g/mol. The number of amides is 2. The van der Waals surface area contributed by atoms with E-state index in [0.29, 0.717) is 5.75 Å². The number of carboxylic acids is 1. The number of rotatable bonds is 15. The summed E-state index contributed by atoms with van der Waals surface area (Å²) in [4.78, 5) is 34.3. The molecule has 176 valence electrons. The van der Waals surface area contributed by atoms with Gasteiger partial charge in [-0.2, -0.15) is 11.8 Å². The molecule has 8 heteroatoms. The summed E-state index contributed by atoms with van der Waals surface area (Å²) < 4.78 is 4.70. The van der Waals surface area contributed by atoms with Gasteiger partial charge in [0.2, 0.25) is 0 Å². The van der Waals surface area contributed by atoms with Crippen LogP contribution in [0.4, 0.5) is 4.79 Å². The number of esters is 1. The number of urea groups is 1. The number of nitrogens with one attached hydrogen (secondary N) is 2. The Morgan fingerprint density at radius 1 is 1.00 bits per heavy atom. The molecule has 0 saturated carbocycles. The molecule has 0 unspecified atom stereocenters. The highest BCUT2D eigenvalue weighted by Crippen LogP contribution is 2.13. The molecule has 31 heavy (non-hydrogen) atoms. The van der Waals surface area contributed by atoms with E-state index < -0.39 is 24.0 Å². The van der Waals surface area contributed by atoms with Crippen molar-refractivity contribution in [1.82, 2.24) is 10.6 Å². The predicted octanol–water partition coefficient (Wildman–Crippen LogP) is 4.45. The fourth-order valence-electron chi connectivity index (χ4n) is 2.47. The topological polar surface area (TPSA) is 105 Å². The largest absolute Gasteiger partial charge is 0.480 e. The molecule has 0 bridgehead atoms. The maximum atomic E-state index is 11.8. The number of hydrogen-bond donors (Lipinski definition) is 3. The van der Waals surface area contributed by atoms with Gasteiger partial charge in [-0.25, -0.2) is 9.59 Å². The Hall–Kier alpha value is -2.22. The van der Waals surface area contributed by atoms with Gasteiger partial charge in [0, 0.05) is 11.5 Å². The van der Waals surface area contributed by atoms with Crippen LogP contribution in [0.2, 0.25) is 0 Å². The summed E-state index contributed by atoms with van der Waals surface area (Å²) in [5.74, 6) is -0.786. The Balaban J connectivity index is 4.23. The van der Waals surface area contributed by atoms with Gasteiger partial charge < -0.3 is 20.5 Å². The number of hydrogen-bond acceptors (Lipinski definition) is 5. The molecular weight excluding hydrogens is 416 g/mol. The van der Waals surface area contributed by atoms with Crippen LogP contribution < -0.4 is 10.6 Å². The van der Waals surface area contributed by atoms with Gasteiger partial charge in [0.05, 0.1) is 6.61 Å². The molecule has 0 rings (SSSR count). The zero-order chi connectivity index (χ0) is 23.6. The molecule has 0 aliphatic carbocycles. The molecule has 7 nitrogen and oxygen atoms in total. The summed E-state index contributed by atoms with van der Waals surface area (Å²) >= 11 is 1.43. The van der Waals surface area contributed by atoms with E-state index in [9.17, 15) is 19.5 Å². The molecule has 0 saturated heterocycles. The molecule has 0 aliphatic rings. The Morgan fingerprint density at radius 3 is 2.19 bits per heavy atom. The summed E-state index contributed by atoms with van der Waals surface area (Å²) in [5, 5.41) is 13.9. The number of aliphatic carboxylic acids is 1. The van der Waals surface area contributed by atoms with E-state index in [1.165, 1.54) is 28.5 Å². The highest BCUT2D eigenvalue weighted by atomic mass is 32.2. The summed E-state index contributed by atoms with van der Waals surface area (Å²) in [6.07, 6.45) is 10.8. The Morgan fingerprint density at radius 2 is 1.61 bits per heavy atom. The molecule has 3 N–H and O–H groups in total. The van der Waals surface area contributed by atoms with E-state index in [1.807, 2.05) is 0 Å². The van der Waals surface area contributed by atoms with Gasteiger partial charge in [-0.15, -0.1) is 0 Å². The molecule has 0 spiro atoms. The van der Waals surface area contributed by atoms with Crippen LogP contribution in [-0.4, -0.2) is 53.8 Å². The van der Waals surface area contributed by atoms with Crippen molar-refractivity contribution in [3.63, 3.8) is 0 Å². The number of allylic oxidation sites excluding steroid dienone is 5. The van der Waals surface area contributed by atoms with Crippen molar-refractivity contribution in [2.45, 2.75) is 66.3 Å². The van der Waals surface area contributed by atoms with E-state index in [-0.39, 0.29) is 18.9 Å². The summed E-state index contributed by atoms with van der Waals surface area (Å²) in [6, 6.07) is -1.74. The first-order valence-corrected chi connectivity index (χ1v) is 11.8. The second-order valence-corrected chi connectivity index (χ2v) is 8.60. The fraction of sp³-hybridized carbons (Fsp3) is 0.609. The van der Waals surface area contributed by atoms with Gasteiger partial charge in [0.1, 0.15) is 12.6 Å². The molecule has 2 amide bonds. The van der Waals surface area contributed by atoms with E-state index in [2.05, 4.69) is 56.6 Å². The fourth-order valence-corrected chi connectivity index (χ4v) is 3.47. The third-order valence-corrected chi connectivity index (χ3v) is 5.23. The highest BCUT2D eigenvalue weighted by Gasteiger charge is 2.20. The van der Waals surface area contributed by atoms with Crippen LogP contribution in [0, 0.1) is 0 Å². The number of thioether (sulfide) groups is 1. The number of carbonyl (C=O) groups excluding carboxylic acids is 2. The summed E-state index contributed by atoms with van der Waals surface area (Å²) in [6.45, 7) is 10.0. The van der Waals surface area contributed by atoms with E-state index in [4.69, 9.17) is 4.74 Å². The van der Waals surface area contributed by atoms with Gasteiger partial charge in [0.15, 0.2) is 0 Å². The van der Waals surface area contributed by atoms with Gasteiger partial charge in [-0.05, 0) is 60.3 Å². The van der Waals surface area contributed by atoms with Crippen molar-refractivity contribution in [1.29, 1.82) is 0 Å². The zero-order valence-corrected chi connectivity index (χ0v) is 20.3. The van der Waals surface area contributed by atoms with Crippen molar-refractivity contribution < 1.29 is 24.2 Å². The van der Waals surface area contributed by atoms with Gasteiger partial charge >= 0.3 is 18.0 Å². The van der Waals surface area contributed by atoms with E-state index in [0.717, 1.165) is 25.7 Å². The number of carboxylic acid groups (broad SMARTS) is 1. The van der Waals surface area contributed by atoms with Gasteiger partial charge in [-0.1, -0.05) is 34.9 Å². The minimum Gasteiger partial charge on any atom is -0.480 e. The Kier molecular flexibility index (Phi) is 16.2. The molecule has 0 aromatic heterocycles. The van der Waals surface area contributed by atoms with Crippen molar-refractivity contribution in [2.24, 2.45) is 0 Å². The lowest BCUT2D eigenvalue weighted by Crippen LogP contribution is -2.48. The summed E-state index contributed by atoms with van der Waals surface area (Å²) in [5.41, 5.74) is 4.01. The SMILES string of the molecule is CCOC(=O)CNC(=O)N[C@@H](CSC/C=C(\C)CC/C=C(\C)CCC=C(C)C)C(=O)O. The quantitative estimate of drug-likeness (QED) is 0.192. The maximum absolute atomic E-state index is 11.8. The van der Waals surface area contributed by atoms with Crippen molar-refractivity contribution in [2.75, 3.05) is 24.7 Å². The third kappa shape index (κ3) is 17.2. The van der Waals surface area contributed by atoms with Crippen LogP contribution in [0.25, 0.3) is 0 Å². The van der Waals surface area contributed by atoms with Crippen LogP contribution in [-0.2, 0) is 14.3 Å². The normalized spacial score (nSPS) is 12.7. The molecule has 0 aliphatic heterocycles. The smallest absolute Gasteiger partial charge is 0.327 e. The monoisotopic (exact) mass is 454 g/mol. The first kappa shape index (κ1) is 28.8. The molecule has 0 fully saturated rings. The van der Waals surface area contributed by atoms with Crippen molar-refractivity contribution in [3.05, 3.63) is 34.9 Å². The molecule has 0 radical (unpaired) electrons. The molecule has 0 heterocycles. The first-order chi connectivity index (χ1) is 14.6. The van der Waals surface area contributed by atoms with Crippen molar-refractivity contribution >= 4 is 29.7 Å².